The van der Waals surface area contributed by atoms with Crippen LogP contribution in [0.25, 0.3) is 0 Å². The molecule has 2 heterocycles. The van der Waals surface area contributed by atoms with E-state index in [9.17, 15) is 4.79 Å². The maximum absolute atomic E-state index is 11.5. The molecule has 74 valence electrons. The maximum atomic E-state index is 11.5. The second-order valence-corrected chi connectivity index (χ2v) is 5.11. The Bertz CT molecular complexity index is 371. The summed E-state index contributed by atoms with van der Waals surface area (Å²) in [6.45, 7) is 0.669. The highest BCUT2D eigenvalue weighted by Gasteiger charge is 2.29. The molecule has 0 spiro atoms. The first-order valence-electron chi connectivity index (χ1n) is 4.09. The number of rotatable bonds is 1. The fourth-order valence-electron chi connectivity index (χ4n) is 1.36. The molecule has 1 amide bonds. The van der Waals surface area contributed by atoms with Gasteiger partial charge in [-0.05, 0) is 15.9 Å². The molecule has 6 heteroatoms. The molecule has 1 aromatic heterocycles. The van der Waals surface area contributed by atoms with Gasteiger partial charge in [-0.15, -0.1) is 0 Å². The number of carbonyl (C=O) groups is 1. The van der Waals surface area contributed by atoms with Crippen molar-refractivity contribution in [3.63, 3.8) is 0 Å². The van der Waals surface area contributed by atoms with Crippen LogP contribution in [-0.2, 0) is 4.79 Å². The predicted molar refractivity (Wildman–Crippen MR) is 59.4 cm³/mol. The first-order valence-corrected chi connectivity index (χ1v) is 5.79. The van der Waals surface area contributed by atoms with E-state index in [1.807, 2.05) is 0 Å². The van der Waals surface area contributed by atoms with Crippen LogP contribution in [0.1, 0.15) is 6.42 Å². The van der Waals surface area contributed by atoms with Gasteiger partial charge in [-0.3, -0.25) is 9.69 Å². The largest absolute Gasteiger partial charge is 0.296 e. The normalized spacial score (nSPS) is 21.7. The zero-order chi connectivity index (χ0) is 10.1. The molecular weight excluding hydrogens is 314 g/mol. The fraction of sp³-hybridized carbons (Fsp3) is 0.375. The molecule has 0 aliphatic carbocycles. The standard InChI is InChI=1S/C8H7Br2N3O/c9-5-1-8(14)13(3-5)7-2-6(10)11-4-12-7/h2,4-5H,1,3H2. The van der Waals surface area contributed by atoms with Gasteiger partial charge in [-0.25, -0.2) is 9.97 Å². The van der Waals surface area contributed by atoms with E-state index >= 15 is 0 Å². The Balaban J connectivity index is 2.27. The highest BCUT2D eigenvalue weighted by molar-refractivity contribution is 9.10. The van der Waals surface area contributed by atoms with E-state index in [-0.39, 0.29) is 10.7 Å². The van der Waals surface area contributed by atoms with Crippen molar-refractivity contribution >= 4 is 43.6 Å². The van der Waals surface area contributed by atoms with E-state index in [0.29, 0.717) is 23.4 Å². The molecule has 1 saturated heterocycles. The molecule has 1 unspecified atom stereocenters. The molecule has 0 saturated carbocycles. The van der Waals surface area contributed by atoms with Gasteiger partial charge in [0.05, 0.1) is 0 Å². The summed E-state index contributed by atoms with van der Waals surface area (Å²) >= 11 is 6.66. The lowest BCUT2D eigenvalue weighted by atomic mass is 10.4. The van der Waals surface area contributed by atoms with Crippen LogP contribution in [0.4, 0.5) is 5.82 Å². The van der Waals surface area contributed by atoms with Crippen molar-refractivity contribution in [3.05, 3.63) is 17.0 Å². The Morgan fingerprint density at radius 3 is 2.86 bits per heavy atom. The number of halogens is 2. The van der Waals surface area contributed by atoms with Crippen molar-refractivity contribution in [1.29, 1.82) is 0 Å². The number of nitrogens with zero attached hydrogens (tertiary/aromatic N) is 3. The first-order chi connectivity index (χ1) is 6.66. The number of hydrogen-bond acceptors (Lipinski definition) is 3. The Kier molecular flexibility index (Phi) is 2.83. The van der Waals surface area contributed by atoms with Crippen LogP contribution in [0.3, 0.4) is 0 Å². The Morgan fingerprint density at radius 1 is 1.50 bits per heavy atom. The number of aromatic nitrogens is 2. The molecule has 1 aliphatic rings. The van der Waals surface area contributed by atoms with Gasteiger partial charge in [0.2, 0.25) is 5.91 Å². The van der Waals surface area contributed by atoms with Gasteiger partial charge in [-0.2, -0.15) is 0 Å². The summed E-state index contributed by atoms with van der Waals surface area (Å²) in [4.78, 5) is 21.4. The molecule has 1 aromatic rings. The highest BCUT2D eigenvalue weighted by atomic mass is 79.9. The SMILES string of the molecule is O=C1CC(Br)CN1c1cc(Br)ncn1. The average molecular weight is 321 g/mol. The number of amides is 1. The van der Waals surface area contributed by atoms with E-state index < -0.39 is 0 Å². The highest BCUT2D eigenvalue weighted by Crippen LogP contribution is 2.24. The van der Waals surface area contributed by atoms with Crippen LogP contribution in [0.15, 0.2) is 17.0 Å². The molecule has 1 aliphatic heterocycles. The van der Waals surface area contributed by atoms with E-state index in [2.05, 4.69) is 41.8 Å². The van der Waals surface area contributed by atoms with E-state index in [1.54, 1.807) is 11.0 Å². The predicted octanol–water partition coefficient (Wildman–Crippen LogP) is 1.74. The third-order valence-corrected chi connectivity index (χ3v) is 3.02. The number of carbonyl (C=O) groups excluding carboxylic acids is 1. The third kappa shape index (κ3) is 1.95. The summed E-state index contributed by atoms with van der Waals surface area (Å²) in [5.74, 6) is 0.747. The van der Waals surface area contributed by atoms with Gasteiger partial charge in [0.15, 0.2) is 0 Å². The van der Waals surface area contributed by atoms with Crippen molar-refractivity contribution in [1.82, 2.24) is 9.97 Å². The van der Waals surface area contributed by atoms with Gasteiger partial charge < -0.3 is 0 Å². The van der Waals surface area contributed by atoms with Crippen molar-refractivity contribution in [2.24, 2.45) is 0 Å². The van der Waals surface area contributed by atoms with Crippen LogP contribution in [0.5, 0.6) is 0 Å². The molecule has 0 aromatic carbocycles. The molecule has 1 fully saturated rings. The van der Waals surface area contributed by atoms with Gasteiger partial charge >= 0.3 is 0 Å². The van der Waals surface area contributed by atoms with E-state index in [1.165, 1.54) is 6.33 Å². The lowest BCUT2D eigenvalue weighted by molar-refractivity contribution is -0.117. The zero-order valence-corrected chi connectivity index (χ0v) is 10.3. The fourth-order valence-corrected chi connectivity index (χ4v) is 2.22. The molecule has 4 nitrogen and oxygen atoms in total. The minimum absolute atomic E-state index is 0.0949. The Hall–Kier alpha value is -0.490. The van der Waals surface area contributed by atoms with Gasteiger partial charge in [0.25, 0.3) is 0 Å². The summed E-state index contributed by atoms with van der Waals surface area (Å²) in [7, 11) is 0. The third-order valence-electron chi connectivity index (χ3n) is 1.97. The summed E-state index contributed by atoms with van der Waals surface area (Å²) in [5.41, 5.74) is 0. The molecule has 0 radical (unpaired) electrons. The van der Waals surface area contributed by atoms with Crippen LogP contribution in [0.2, 0.25) is 0 Å². The van der Waals surface area contributed by atoms with Crippen LogP contribution in [-0.4, -0.2) is 27.2 Å². The van der Waals surface area contributed by atoms with Crippen molar-refractivity contribution < 1.29 is 4.79 Å². The lowest BCUT2D eigenvalue weighted by Crippen LogP contribution is -2.25. The molecular formula is C8H7Br2N3O. The summed E-state index contributed by atoms with van der Waals surface area (Å²) < 4.78 is 0.688. The monoisotopic (exact) mass is 319 g/mol. The van der Waals surface area contributed by atoms with Gasteiger partial charge in [-0.1, -0.05) is 15.9 Å². The van der Waals surface area contributed by atoms with Crippen LogP contribution < -0.4 is 4.90 Å². The summed E-state index contributed by atoms with van der Waals surface area (Å²) in [6, 6.07) is 1.74. The molecule has 0 N–H and O–H groups in total. The van der Waals surface area contributed by atoms with Crippen molar-refractivity contribution in [2.75, 3.05) is 11.4 Å². The Labute approximate surface area is 98.0 Å². The van der Waals surface area contributed by atoms with E-state index in [4.69, 9.17) is 0 Å². The second kappa shape index (κ2) is 3.94. The quantitative estimate of drug-likeness (QED) is 0.585. The van der Waals surface area contributed by atoms with Crippen LogP contribution in [0, 0.1) is 0 Å². The number of hydrogen-bond donors (Lipinski definition) is 0. The molecule has 1 atom stereocenters. The van der Waals surface area contributed by atoms with Crippen molar-refractivity contribution in [2.45, 2.75) is 11.2 Å². The first kappa shape index (κ1) is 10.0. The minimum atomic E-state index is 0.0949. The molecule has 2 rings (SSSR count). The molecule has 14 heavy (non-hydrogen) atoms. The zero-order valence-electron chi connectivity index (χ0n) is 7.15. The summed E-state index contributed by atoms with van der Waals surface area (Å²) in [6.07, 6.45) is 1.97. The minimum Gasteiger partial charge on any atom is -0.296 e. The van der Waals surface area contributed by atoms with Crippen LogP contribution >= 0.6 is 31.9 Å². The van der Waals surface area contributed by atoms with Gasteiger partial charge in [0.1, 0.15) is 16.7 Å². The maximum Gasteiger partial charge on any atom is 0.229 e. The lowest BCUT2D eigenvalue weighted by Gasteiger charge is -2.13. The molecule has 0 bridgehead atoms. The number of alkyl halides is 1. The topological polar surface area (TPSA) is 46.1 Å². The average Bonchev–Trinajstić information content (AvgIpc) is 2.45. The smallest absolute Gasteiger partial charge is 0.229 e. The van der Waals surface area contributed by atoms with E-state index in [0.717, 1.165) is 0 Å². The van der Waals surface area contributed by atoms with Gasteiger partial charge in [0, 0.05) is 23.9 Å². The summed E-state index contributed by atoms with van der Waals surface area (Å²) in [5, 5.41) is 0. The number of anilines is 1. The van der Waals surface area contributed by atoms with Crippen molar-refractivity contribution in [3.8, 4) is 0 Å². The Morgan fingerprint density at radius 2 is 2.29 bits per heavy atom. The second-order valence-electron chi connectivity index (χ2n) is 3.00.